The molecule has 1 aliphatic rings. The number of carbonyl (C=O) groups excluding carboxylic acids is 1. The van der Waals surface area contributed by atoms with Crippen molar-refractivity contribution in [2.24, 2.45) is 22.7 Å². The first-order valence-electron chi connectivity index (χ1n) is 3.77. The lowest BCUT2D eigenvalue weighted by Gasteiger charge is -2.28. The molecule has 0 bridgehead atoms. The Morgan fingerprint density at radius 3 is 2.82 bits per heavy atom. The van der Waals surface area contributed by atoms with Gasteiger partial charge in [-0.2, -0.15) is 5.10 Å². The maximum absolute atomic E-state index is 10.1. The molecule has 4 nitrogen and oxygen atoms in total. The van der Waals surface area contributed by atoms with E-state index < -0.39 is 6.03 Å². The first-order chi connectivity index (χ1) is 5.18. The van der Waals surface area contributed by atoms with Crippen LogP contribution in [0.15, 0.2) is 5.10 Å². The first kappa shape index (κ1) is 8.04. The zero-order valence-corrected chi connectivity index (χ0v) is 6.58. The van der Waals surface area contributed by atoms with Crippen LogP contribution >= 0.6 is 0 Å². The number of nitrogens with one attached hydrogen (secondary N) is 1. The highest BCUT2D eigenvalue weighted by Crippen LogP contribution is 2.31. The van der Waals surface area contributed by atoms with Crippen LogP contribution in [0.25, 0.3) is 0 Å². The smallest absolute Gasteiger partial charge is 0.332 e. The minimum atomic E-state index is -0.603. The van der Waals surface area contributed by atoms with Gasteiger partial charge in [-0.1, -0.05) is 6.92 Å². The molecule has 3 N–H and O–H groups in total. The Morgan fingerprint density at radius 2 is 2.36 bits per heavy atom. The van der Waals surface area contributed by atoms with Gasteiger partial charge in [-0.25, -0.2) is 10.2 Å². The molecule has 62 valence electrons. The number of hydrogen-bond acceptors (Lipinski definition) is 2. The maximum atomic E-state index is 10.1. The van der Waals surface area contributed by atoms with E-state index in [-0.39, 0.29) is 0 Å². The van der Waals surface area contributed by atoms with Gasteiger partial charge in [0, 0.05) is 6.21 Å². The summed E-state index contributed by atoms with van der Waals surface area (Å²) in [6, 6.07) is -0.603. The van der Waals surface area contributed by atoms with E-state index in [0.29, 0.717) is 5.92 Å². The fourth-order valence-corrected chi connectivity index (χ4v) is 1.29. The van der Waals surface area contributed by atoms with Crippen molar-refractivity contribution in [3.63, 3.8) is 0 Å². The Balaban J connectivity index is 2.11. The summed E-state index contributed by atoms with van der Waals surface area (Å²) in [6.45, 7) is 2.20. The van der Waals surface area contributed by atoms with Crippen LogP contribution in [0.5, 0.6) is 0 Å². The number of primary amides is 1. The van der Waals surface area contributed by atoms with Crippen LogP contribution < -0.4 is 11.2 Å². The van der Waals surface area contributed by atoms with Gasteiger partial charge < -0.3 is 5.73 Å². The third-order valence-corrected chi connectivity index (χ3v) is 1.87. The molecule has 0 spiro atoms. The lowest BCUT2D eigenvalue weighted by atomic mass is 9.77. The molecule has 0 saturated heterocycles. The van der Waals surface area contributed by atoms with Gasteiger partial charge in [0.15, 0.2) is 0 Å². The molecule has 4 heteroatoms. The van der Waals surface area contributed by atoms with Crippen LogP contribution in [0, 0.1) is 11.8 Å². The van der Waals surface area contributed by atoms with E-state index in [4.69, 9.17) is 5.73 Å². The van der Waals surface area contributed by atoms with Gasteiger partial charge in [0.05, 0.1) is 0 Å². The topological polar surface area (TPSA) is 67.5 Å². The van der Waals surface area contributed by atoms with E-state index in [1.807, 2.05) is 0 Å². The van der Waals surface area contributed by atoms with Gasteiger partial charge in [0.1, 0.15) is 0 Å². The molecule has 0 radical (unpaired) electrons. The Labute approximate surface area is 65.8 Å². The van der Waals surface area contributed by atoms with E-state index in [1.165, 1.54) is 12.8 Å². The molecular formula is C7H13N3O. The summed E-state index contributed by atoms with van der Waals surface area (Å²) in [4.78, 5) is 10.1. The molecule has 0 aromatic heterocycles. The fourth-order valence-electron chi connectivity index (χ4n) is 1.29. The monoisotopic (exact) mass is 155 g/mol. The minimum absolute atomic E-state index is 0.539. The lowest BCUT2D eigenvalue weighted by molar-refractivity contribution is 0.249. The van der Waals surface area contributed by atoms with Gasteiger partial charge in [-0.05, 0) is 24.7 Å². The van der Waals surface area contributed by atoms with Crippen LogP contribution in [0.2, 0.25) is 0 Å². The molecule has 0 aromatic rings. The number of nitrogens with zero attached hydrogens (tertiary/aromatic N) is 1. The second-order valence-corrected chi connectivity index (χ2v) is 3.09. The SMILES string of the molecule is CC1CC(/C=N/NC(N)=O)C1. The summed E-state index contributed by atoms with van der Waals surface area (Å²) >= 11 is 0. The van der Waals surface area contributed by atoms with Crippen molar-refractivity contribution in [1.29, 1.82) is 0 Å². The highest BCUT2D eigenvalue weighted by molar-refractivity contribution is 5.73. The molecule has 0 atom stereocenters. The average Bonchev–Trinajstić information content (AvgIpc) is 1.83. The van der Waals surface area contributed by atoms with Crippen molar-refractivity contribution in [2.45, 2.75) is 19.8 Å². The van der Waals surface area contributed by atoms with E-state index in [9.17, 15) is 4.79 Å². The number of rotatable bonds is 2. The summed E-state index contributed by atoms with van der Waals surface area (Å²) in [5, 5.41) is 3.68. The predicted molar refractivity (Wildman–Crippen MR) is 43.1 cm³/mol. The highest BCUT2D eigenvalue weighted by atomic mass is 16.2. The normalized spacial score (nSPS) is 29.9. The molecule has 0 aliphatic heterocycles. The van der Waals surface area contributed by atoms with Gasteiger partial charge in [0.25, 0.3) is 0 Å². The number of carbonyl (C=O) groups is 1. The van der Waals surface area contributed by atoms with Crippen molar-refractivity contribution in [2.75, 3.05) is 0 Å². The molecular weight excluding hydrogens is 142 g/mol. The molecule has 1 rings (SSSR count). The Bertz CT molecular complexity index is 173. The maximum Gasteiger partial charge on any atom is 0.332 e. The second kappa shape index (κ2) is 3.37. The summed E-state index contributed by atoms with van der Waals surface area (Å²) in [6.07, 6.45) is 4.10. The summed E-state index contributed by atoms with van der Waals surface area (Å²) in [5.41, 5.74) is 6.97. The molecule has 2 amide bonds. The summed E-state index contributed by atoms with van der Waals surface area (Å²) in [7, 11) is 0. The van der Waals surface area contributed by atoms with Gasteiger partial charge in [-0.3, -0.25) is 0 Å². The van der Waals surface area contributed by atoms with Crippen LogP contribution in [-0.4, -0.2) is 12.2 Å². The Hall–Kier alpha value is -1.06. The van der Waals surface area contributed by atoms with Crippen LogP contribution in [0.1, 0.15) is 19.8 Å². The predicted octanol–water partition coefficient (Wildman–Crippen LogP) is 0.687. The minimum Gasteiger partial charge on any atom is -0.350 e. The zero-order chi connectivity index (χ0) is 8.27. The quantitative estimate of drug-likeness (QED) is 0.447. The van der Waals surface area contributed by atoms with E-state index >= 15 is 0 Å². The van der Waals surface area contributed by atoms with E-state index in [0.717, 1.165) is 5.92 Å². The number of hydrogen-bond donors (Lipinski definition) is 2. The van der Waals surface area contributed by atoms with Crippen LogP contribution in [0.4, 0.5) is 4.79 Å². The molecule has 1 saturated carbocycles. The Kier molecular flexibility index (Phi) is 2.46. The largest absolute Gasteiger partial charge is 0.350 e. The average molecular weight is 155 g/mol. The van der Waals surface area contributed by atoms with Crippen molar-refractivity contribution in [3.05, 3.63) is 0 Å². The molecule has 0 unspecified atom stereocenters. The second-order valence-electron chi connectivity index (χ2n) is 3.09. The third-order valence-electron chi connectivity index (χ3n) is 1.87. The Morgan fingerprint density at radius 1 is 1.73 bits per heavy atom. The third kappa shape index (κ3) is 2.57. The fraction of sp³-hybridized carbons (Fsp3) is 0.714. The van der Waals surface area contributed by atoms with Gasteiger partial charge in [0.2, 0.25) is 0 Å². The number of hydrazone groups is 1. The molecule has 1 aliphatic carbocycles. The molecule has 0 aromatic carbocycles. The van der Waals surface area contributed by atoms with Crippen molar-refractivity contribution in [3.8, 4) is 0 Å². The molecule has 0 heterocycles. The first-order valence-corrected chi connectivity index (χ1v) is 3.77. The highest BCUT2D eigenvalue weighted by Gasteiger charge is 2.23. The van der Waals surface area contributed by atoms with E-state index in [1.54, 1.807) is 6.21 Å². The standard InChI is InChI=1S/C7H13N3O/c1-5-2-6(3-5)4-9-10-7(8)11/h4-6H,2-3H2,1H3,(H3,8,10,11)/b9-4+. The van der Waals surface area contributed by atoms with Crippen LogP contribution in [0.3, 0.4) is 0 Å². The molecule has 11 heavy (non-hydrogen) atoms. The summed E-state index contributed by atoms with van der Waals surface area (Å²) < 4.78 is 0. The number of amides is 2. The lowest BCUT2D eigenvalue weighted by Crippen LogP contribution is -2.27. The van der Waals surface area contributed by atoms with Crippen molar-refractivity contribution < 1.29 is 4.79 Å². The van der Waals surface area contributed by atoms with Crippen molar-refractivity contribution >= 4 is 12.2 Å². The molecule has 1 fully saturated rings. The zero-order valence-electron chi connectivity index (χ0n) is 6.58. The summed E-state index contributed by atoms with van der Waals surface area (Å²) in [5.74, 6) is 1.34. The van der Waals surface area contributed by atoms with Gasteiger partial charge >= 0.3 is 6.03 Å². The number of nitrogens with two attached hydrogens (primary N) is 1. The van der Waals surface area contributed by atoms with E-state index in [2.05, 4.69) is 17.5 Å². The van der Waals surface area contributed by atoms with Crippen molar-refractivity contribution in [1.82, 2.24) is 5.43 Å². The van der Waals surface area contributed by atoms with Crippen LogP contribution in [-0.2, 0) is 0 Å². The van der Waals surface area contributed by atoms with Gasteiger partial charge in [-0.15, -0.1) is 0 Å². The number of urea groups is 1.